The molecule has 0 aliphatic heterocycles. The van der Waals surface area contributed by atoms with Gasteiger partial charge in [-0.3, -0.25) is 9.78 Å². The third-order valence-corrected chi connectivity index (χ3v) is 2.65. The zero-order chi connectivity index (χ0) is 14.5. The van der Waals surface area contributed by atoms with E-state index in [0.717, 1.165) is 0 Å². The van der Waals surface area contributed by atoms with E-state index in [4.69, 9.17) is 9.84 Å². The van der Waals surface area contributed by atoms with Crippen LogP contribution >= 0.6 is 0 Å². The Morgan fingerprint density at radius 2 is 1.95 bits per heavy atom. The van der Waals surface area contributed by atoms with Crippen molar-refractivity contribution >= 4 is 17.6 Å². The van der Waals surface area contributed by atoms with Gasteiger partial charge >= 0.3 is 5.97 Å². The number of pyridine rings is 1. The molecule has 0 unspecified atom stereocenters. The van der Waals surface area contributed by atoms with E-state index in [9.17, 15) is 9.59 Å². The lowest BCUT2D eigenvalue weighted by Crippen LogP contribution is -2.15. The number of hydrogen-bond donors (Lipinski definition) is 2. The smallest absolute Gasteiger partial charge is 0.337 e. The minimum Gasteiger partial charge on any atom is -0.496 e. The molecule has 0 spiro atoms. The SMILES string of the molecule is COc1ccccc1C(=O)Nc1cnccc1C(=O)O. The molecule has 0 saturated carbocycles. The summed E-state index contributed by atoms with van der Waals surface area (Å²) in [6.45, 7) is 0. The van der Waals surface area contributed by atoms with Crippen LogP contribution in [0, 0.1) is 0 Å². The lowest BCUT2D eigenvalue weighted by Gasteiger charge is -2.10. The minimum absolute atomic E-state index is 0.0248. The molecule has 1 aromatic carbocycles. The molecule has 0 aliphatic carbocycles. The van der Waals surface area contributed by atoms with E-state index in [1.54, 1.807) is 24.3 Å². The molecule has 20 heavy (non-hydrogen) atoms. The summed E-state index contributed by atoms with van der Waals surface area (Å²) >= 11 is 0. The van der Waals surface area contributed by atoms with Crippen molar-refractivity contribution in [1.82, 2.24) is 4.98 Å². The topological polar surface area (TPSA) is 88.5 Å². The van der Waals surface area contributed by atoms with Gasteiger partial charge in [0, 0.05) is 6.20 Å². The van der Waals surface area contributed by atoms with Crippen LogP contribution < -0.4 is 10.1 Å². The maximum atomic E-state index is 12.2. The molecular formula is C14H12N2O4. The van der Waals surface area contributed by atoms with Crippen LogP contribution in [0.5, 0.6) is 5.75 Å². The predicted octanol–water partition coefficient (Wildman–Crippen LogP) is 2.04. The molecule has 2 aromatic rings. The van der Waals surface area contributed by atoms with Crippen molar-refractivity contribution in [3.63, 3.8) is 0 Å². The number of nitrogens with zero attached hydrogens (tertiary/aromatic N) is 1. The number of ether oxygens (including phenoxy) is 1. The average Bonchev–Trinajstić information content (AvgIpc) is 2.47. The highest BCUT2D eigenvalue weighted by molar-refractivity contribution is 6.08. The number of carboxylic acid groups (broad SMARTS) is 1. The van der Waals surface area contributed by atoms with Crippen molar-refractivity contribution < 1.29 is 19.4 Å². The molecule has 102 valence electrons. The highest BCUT2D eigenvalue weighted by Crippen LogP contribution is 2.20. The van der Waals surface area contributed by atoms with Crippen LogP contribution in [-0.2, 0) is 0 Å². The molecule has 0 aliphatic rings. The Bertz CT molecular complexity index is 655. The number of hydrogen-bond acceptors (Lipinski definition) is 4. The molecule has 1 amide bonds. The predicted molar refractivity (Wildman–Crippen MR) is 72.1 cm³/mol. The van der Waals surface area contributed by atoms with E-state index < -0.39 is 11.9 Å². The Morgan fingerprint density at radius 3 is 2.65 bits per heavy atom. The lowest BCUT2D eigenvalue weighted by atomic mass is 10.1. The number of carbonyl (C=O) groups is 2. The Labute approximate surface area is 115 Å². The number of aromatic carboxylic acids is 1. The van der Waals surface area contributed by atoms with Gasteiger partial charge in [-0.05, 0) is 18.2 Å². The van der Waals surface area contributed by atoms with Crippen LogP contribution in [0.2, 0.25) is 0 Å². The van der Waals surface area contributed by atoms with Gasteiger partial charge in [0.2, 0.25) is 0 Å². The molecule has 0 atom stereocenters. The Morgan fingerprint density at radius 1 is 1.20 bits per heavy atom. The number of methoxy groups -OCH3 is 1. The number of amides is 1. The molecule has 6 heteroatoms. The molecule has 2 N–H and O–H groups in total. The van der Waals surface area contributed by atoms with Crippen molar-refractivity contribution in [2.75, 3.05) is 12.4 Å². The number of aromatic nitrogens is 1. The minimum atomic E-state index is -1.14. The Balaban J connectivity index is 2.31. The average molecular weight is 272 g/mol. The summed E-state index contributed by atoms with van der Waals surface area (Å²) in [6, 6.07) is 7.99. The molecule has 0 bridgehead atoms. The molecule has 1 heterocycles. The van der Waals surface area contributed by atoms with E-state index in [1.807, 2.05) is 0 Å². The summed E-state index contributed by atoms with van der Waals surface area (Å²) in [5.41, 5.74) is 0.425. The Hall–Kier alpha value is -2.89. The molecule has 1 aromatic heterocycles. The van der Waals surface area contributed by atoms with Crippen LogP contribution in [0.3, 0.4) is 0 Å². The second-order valence-electron chi connectivity index (χ2n) is 3.88. The first-order chi connectivity index (χ1) is 9.63. The van der Waals surface area contributed by atoms with E-state index in [-0.39, 0.29) is 11.3 Å². The summed E-state index contributed by atoms with van der Waals surface area (Å²) in [5, 5.41) is 11.6. The van der Waals surface area contributed by atoms with E-state index in [0.29, 0.717) is 11.3 Å². The maximum Gasteiger partial charge on any atom is 0.337 e. The first-order valence-corrected chi connectivity index (χ1v) is 5.75. The molecular weight excluding hydrogens is 260 g/mol. The number of para-hydroxylation sites is 1. The highest BCUT2D eigenvalue weighted by Gasteiger charge is 2.15. The zero-order valence-electron chi connectivity index (χ0n) is 10.7. The van der Waals surface area contributed by atoms with Crippen molar-refractivity contribution in [3.8, 4) is 5.75 Å². The summed E-state index contributed by atoms with van der Waals surface area (Å²) in [7, 11) is 1.46. The van der Waals surface area contributed by atoms with Crippen LogP contribution in [0.4, 0.5) is 5.69 Å². The standard InChI is InChI=1S/C14H12N2O4/c1-20-12-5-3-2-4-10(12)13(17)16-11-8-15-7-6-9(11)14(18)19/h2-8H,1H3,(H,16,17)(H,18,19). The second-order valence-corrected chi connectivity index (χ2v) is 3.88. The van der Waals surface area contributed by atoms with Gasteiger partial charge in [-0.1, -0.05) is 12.1 Å². The summed E-state index contributed by atoms with van der Waals surface area (Å²) in [6.07, 6.45) is 2.64. The monoisotopic (exact) mass is 272 g/mol. The number of carbonyl (C=O) groups excluding carboxylic acids is 1. The van der Waals surface area contributed by atoms with Crippen molar-refractivity contribution in [1.29, 1.82) is 0 Å². The van der Waals surface area contributed by atoms with Gasteiger partial charge in [0.1, 0.15) is 5.75 Å². The van der Waals surface area contributed by atoms with Gasteiger partial charge in [-0.2, -0.15) is 0 Å². The fraction of sp³-hybridized carbons (Fsp3) is 0.0714. The largest absolute Gasteiger partial charge is 0.496 e. The van der Waals surface area contributed by atoms with Gasteiger partial charge < -0.3 is 15.2 Å². The normalized spacial score (nSPS) is 9.85. The quantitative estimate of drug-likeness (QED) is 0.889. The van der Waals surface area contributed by atoms with E-state index in [2.05, 4.69) is 10.3 Å². The van der Waals surface area contributed by atoms with Crippen LogP contribution in [0.1, 0.15) is 20.7 Å². The van der Waals surface area contributed by atoms with Gasteiger partial charge in [0.05, 0.1) is 30.1 Å². The molecule has 2 rings (SSSR count). The summed E-state index contributed by atoms with van der Waals surface area (Å²) < 4.78 is 5.09. The first-order valence-electron chi connectivity index (χ1n) is 5.75. The number of anilines is 1. The Kier molecular flexibility index (Phi) is 3.95. The fourth-order valence-electron chi connectivity index (χ4n) is 1.70. The van der Waals surface area contributed by atoms with Crippen LogP contribution in [-0.4, -0.2) is 29.1 Å². The summed E-state index contributed by atoms with van der Waals surface area (Å²) in [4.78, 5) is 27.0. The van der Waals surface area contributed by atoms with Gasteiger partial charge in [-0.25, -0.2) is 4.79 Å². The van der Waals surface area contributed by atoms with E-state index in [1.165, 1.54) is 25.6 Å². The molecule has 0 fully saturated rings. The van der Waals surface area contributed by atoms with Gasteiger partial charge in [0.15, 0.2) is 0 Å². The highest BCUT2D eigenvalue weighted by atomic mass is 16.5. The van der Waals surface area contributed by atoms with E-state index >= 15 is 0 Å². The number of nitrogens with one attached hydrogen (secondary N) is 1. The van der Waals surface area contributed by atoms with Gasteiger partial charge in [-0.15, -0.1) is 0 Å². The molecule has 6 nitrogen and oxygen atoms in total. The molecule has 0 radical (unpaired) electrons. The first kappa shape index (κ1) is 13.5. The number of rotatable bonds is 4. The second kappa shape index (κ2) is 5.83. The van der Waals surface area contributed by atoms with Crippen molar-refractivity contribution in [2.24, 2.45) is 0 Å². The fourth-order valence-corrected chi connectivity index (χ4v) is 1.70. The number of benzene rings is 1. The third kappa shape index (κ3) is 2.74. The van der Waals surface area contributed by atoms with Gasteiger partial charge in [0.25, 0.3) is 5.91 Å². The zero-order valence-corrected chi connectivity index (χ0v) is 10.7. The lowest BCUT2D eigenvalue weighted by molar-refractivity contribution is 0.0698. The maximum absolute atomic E-state index is 12.2. The van der Waals surface area contributed by atoms with Crippen LogP contribution in [0.25, 0.3) is 0 Å². The molecule has 0 saturated heterocycles. The number of carboxylic acids is 1. The van der Waals surface area contributed by atoms with Crippen molar-refractivity contribution in [2.45, 2.75) is 0 Å². The third-order valence-electron chi connectivity index (χ3n) is 2.65. The van der Waals surface area contributed by atoms with Crippen LogP contribution in [0.15, 0.2) is 42.7 Å². The summed E-state index contributed by atoms with van der Waals surface area (Å²) in [5.74, 6) is -1.19. The van der Waals surface area contributed by atoms with Crippen molar-refractivity contribution in [3.05, 3.63) is 53.9 Å².